The first-order chi connectivity index (χ1) is 10.3. The van der Waals surface area contributed by atoms with Crippen LogP contribution in [0.25, 0.3) is 0 Å². The summed E-state index contributed by atoms with van der Waals surface area (Å²) in [5.41, 5.74) is 3.51. The Morgan fingerprint density at radius 3 is 2.81 bits per heavy atom. The van der Waals surface area contributed by atoms with E-state index in [0.717, 1.165) is 38.1 Å². The molecule has 1 aliphatic rings. The lowest BCUT2D eigenvalue weighted by Gasteiger charge is -2.19. The third-order valence-electron chi connectivity index (χ3n) is 3.86. The molecule has 2 aromatic carbocycles. The van der Waals surface area contributed by atoms with Crippen LogP contribution in [0.4, 0.5) is 10.1 Å². The number of rotatable bonds is 6. The van der Waals surface area contributed by atoms with Crippen molar-refractivity contribution in [2.75, 3.05) is 24.6 Å². The molecule has 0 aliphatic carbocycles. The van der Waals surface area contributed by atoms with Crippen LogP contribution in [0.5, 0.6) is 0 Å². The molecular weight excluding hydrogens is 265 g/mol. The van der Waals surface area contributed by atoms with Crippen LogP contribution in [-0.2, 0) is 17.8 Å². The van der Waals surface area contributed by atoms with Crippen molar-refractivity contribution in [1.82, 2.24) is 0 Å². The van der Waals surface area contributed by atoms with Gasteiger partial charge in [-0.25, -0.2) is 4.39 Å². The Morgan fingerprint density at radius 1 is 1.10 bits per heavy atom. The summed E-state index contributed by atoms with van der Waals surface area (Å²) in [6, 6.07) is 15.3. The molecule has 0 N–H and O–H groups in total. The Hall–Kier alpha value is -1.87. The Morgan fingerprint density at radius 2 is 1.95 bits per heavy atom. The molecule has 0 aromatic heterocycles. The quantitative estimate of drug-likeness (QED) is 0.749. The molecule has 0 bridgehead atoms. The Labute approximate surface area is 125 Å². The molecule has 0 fully saturated rings. The van der Waals surface area contributed by atoms with Crippen LogP contribution in [0.3, 0.4) is 0 Å². The van der Waals surface area contributed by atoms with Crippen LogP contribution in [-0.4, -0.2) is 19.7 Å². The van der Waals surface area contributed by atoms with Crippen molar-refractivity contribution in [3.63, 3.8) is 0 Å². The standard InChI is InChI=1S/C18H20FNO/c19-17-7-8-18-16(13-17)9-11-20(18)10-4-12-21-14-15-5-2-1-3-6-15/h1-3,5-8,13H,4,9-12,14H2. The highest BCUT2D eigenvalue weighted by Crippen LogP contribution is 2.28. The van der Waals surface area contributed by atoms with E-state index in [9.17, 15) is 4.39 Å². The maximum Gasteiger partial charge on any atom is 0.123 e. The minimum atomic E-state index is -0.137. The summed E-state index contributed by atoms with van der Waals surface area (Å²) >= 11 is 0. The molecule has 0 radical (unpaired) electrons. The van der Waals surface area contributed by atoms with Gasteiger partial charge >= 0.3 is 0 Å². The van der Waals surface area contributed by atoms with E-state index in [0.29, 0.717) is 6.61 Å². The van der Waals surface area contributed by atoms with Crippen LogP contribution in [0.2, 0.25) is 0 Å². The summed E-state index contributed by atoms with van der Waals surface area (Å²) in [6.07, 6.45) is 1.93. The number of halogens is 1. The molecule has 0 saturated heterocycles. The molecule has 0 amide bonds. The van der Waals surface area contributed by atoms with Crippen LogP contribution >= 0.6 is 0 Å². The van der Waals surface area contributed by atoms with Gasteiger partial charge in [-0.15, -0.1) is 0 Å². The maximum absolute atomic E-state index is 13.2. The number of ether oxygens (including phenoxy) is 1. The molecule has 2 aromatic rings. The zero-order chi connectivity index (χ0) is 14.5. The molecule has 0 saturated carbocycles. The smallest absolute Gasteiger partial charge is 0.123 e. The number of hydrogen-bond donors (Lipinski definition) is 0. The topological polar surface area (TPSA) is 12.5 Å². The summed E-state index contributed by atoms with van der Waals surface area (Å²) in [5.74, 6) is -0.137. The number of anilines is 1. The molecule has 0 unspecified atom stereocenters. The predicted molar refractivity (Wildman–Crippen MR) is 83.0 cm³/mol. The van der Waals surface area contributed by atoms with Gasteiger partial charge in [-0.3, -0.25) is 0 Å². The van der Waals surface area contributed by atoms with Crippen molar-refractivity contribution in [1.29, 1.82) is 0 Å². The zero-order valence-electron chi connectivity index (χ0n) is 12.1. The van der Waals surface area contributed by atoms with Gasteiger partial charge in [-0.1, -0.05) is 30.3 Å². The van der Waals surface area contributed by atoms with Crippen molar-refractivity contribution in [3.05, 3.63) is 65.5 Å². The molecule has 0 spiro atoms. The number of nitrogens with zero attached hydrogens (tertiary/aromatic N) is 1. The number of hydrogen-bond acceptors (Lipinski definition) is 2. The van der Waals surface area contributed by atoms with Gasteiger partial charge in [-0.05, 0) is 42.2 Å². The van der Waals surface area contributed by atoms with Crippen LogP contribution in [0, 0.1) is 5.82 Å². The predicted octanol–water partition coefficient (Wildman–Crippen LogP) is 3.80. The second-order valence-electron chi connectivity index (χ2n) is 5.40. The normalized spacial score (nSPS) is 13.5. The first-order valence-electron chi connectivity index (χ1n) is 7.48. The fourth-order valence-corrected chi connectivity index (χ4v) is 2.79. The lowest BCUT2D eigenvalue weighted by Crippen LogP contribution is -2.22. The lowest BCUT2D eigenvalue weighted by molar-refractivity contribution is 0.119. The van der Waals surface area contributed by atoms with Gasteiger partial charge in [0.25, 0.3) is 0 Å². The van der Waals surface area contributed by atoms with Crippen LogP contribution in [0.1, 0.15) is 17.5 Å². The van der Waals surface area contributed by atoms with Crippen molar-refractivity contribution < 1.29 is 9.13 Å². The average Bonchev–Trinajstić information content (AvgIpc) is 2.90. The van der Waals surface area contributed by atoms with Gasteiger partial charge in [0, 0.05) is 25.4 Å². The van der Waals surface area contributed by atoms with Gasteiger partial charge < -0.3 is 9.64 Å². The molecule has 110 valence electrons. The minimum absolute atomic E-state index is 0.137. The van der Waals surface area contributed by atoms with E-state index < -0.39 is 0 Å². The minimum Gasteiger partial charge on any atom is -0.377 e. The number of benzene rings is 2. The first kappa shape index (κ1) is 14.1. The molecular formula is C18H20FNO. The number of fused-ring (bicyclic) bond motifs is 1. The molecule has 1 aliphatic heterocycles. The van der Waals surface area contributed by atoms with E-state index >= 15 is 0 Å². The first-order valence-corrected chi connectivity index (χ1v) is 7.48. The van der Waals surface area contributed by atoms with E-state index in [-0.39, 0.29) is 5.82 Å². The van der Waals surface area contributed by atoms with Crippen molar-refractivity contribution >= 4 is 5.69 Å². The second-order valence-corrected chi connectivity index (χ2v) is 5.40. The molecule has 1 heterocycles. The van der Waals surface area contributed by atoms with Crippen molar-refractivity contribution in [2.45, 2.75) is 19.4 Å². The Balaban J connectivity index is 1.41. The molecule has 2 nitrogen and oxygen atoms in total. The summed E-state index contributed by atoms with van der Waals surface area (Å²) < 4.78 is 18.9. The van der Waals surface area contributed by atoms with E-state index in [1.165, 1.54) is 11.3 Å². The van der Waals surface area contributed by atoms with E-state index in [2.05, 4.69) is 17.0 Å². The van der Waals surface area contributed by atoms with Crippen molar-refractivity contribution in [3.8, 4) is 0 Å². The summed E-state index contributed by atoms with van der Waals surface area (Å²) in [7, 11) is 0. The maximum atomic E-state index is 13.2. The van der Waals surface area contributed by atoms with E-state index in [1.54, 1.807) is 12.1 Å². The summed E-state index contributed by atoms with van der Waals surface area (Å²) in [4.78, 5) is 2.32. The average molecular weight is 285 g/mol. The van der Waals surface area contributed by atoms with Crippen LogP contribution < -0.4 is 4.90 Å². The van der Waals surface area contributed by atoms with Gasteiger partial charge in [0.05, 0.1) is 6.61 Å². The molecule has 3 rings (SSSR count). The summed E-state index contributed by atoms with van der Waals surface area (Å²) in [6.45, 7) is 3.37. The van der Waals surface area contributed by atoms with E-state index in [4.69, 9.17) is 4.74 Å². The van der Waals surface area contributed by atoms with Crippen molar-refractivity contribution in [2.24, 2.45) is 0 Å². The van der Waals surface area contributed by atoms with E-state index in [1.807, 2.05) is 24.3 Å². The second kappa shape index (κ2) is 6.72. The SMILES string of the molecule is Fc1ccc2c(c1)CCN2CCCOCc1ccccc1. The highest BCUT2D eigenvalue weighted by atomic mass is 19.1. The lowest BCUT2D eigenvalue weighted by atomic mass is 10.2. The fraction of sp³-hybridized carbons (Fsp3) is 0.333. The molecule has 0 atom stereocenters. The Bertz CT molecular complexity index is 585. The highest BCUT2D eigenvalue weighted by molar-refractivity contribution is 5.57. The van der Waals surface area contributed by atoms with Crippen LogP contribution in [0.15, 0.2) is 48.5 Å². The fourth-order valence-electron chi connectivity index (χ4n) is 2.79. The van der Waals surface area contributed by atoms with Gasteiger partial charge in [0.2, 0.25) is 0 Å². The highest BCUT2D eigenvalue weighted by Gasteiger charge is 2.18. The van der Waals surface area contributed by atoms with Gasteiger partial charge in [-0.2, -0.15) is 0 Å². The third-order valence-corrected chi connectivity index (χ3v) is 3.86. The molecule has 21 heavy (non-hydrogen) atoms. The zero-order valence-corrected chi connectivity index (χ0v) is 12.1. The monoisotopic (exact) mass is 285 g/mol. The molecule has 3 heteroatoms. The third kappa shape index (κ3) is 3.61. The Kier molecular flexibility index (Phi) is 4.51. The van der Waals surface area contributed by atoms with Gasteiger partial charge in [0.1, 0.15) is 5.82 Å². The summed E-state index contributed by atoms with van der Waals surface area (Å²) in [5, 5.41) is 0. The van der Waals surface area contributed by atoms with Gasteiger partial charge in [0.15, 0.2) is 0 Å². The largest absolute Gasteiger partial charge is 0.377 e.